The van der Waals surface area contributed by atoms with Gasteiger partial charge in [0.15, 0.2) is 12.4 Å². The number of carbonyl (C=O) groups excluding carboxylic acids is 3. The highest BCUT2D eigenvalue weighted by Gasteiger charge is 2.22. The Balaban J connectivity index is 4.33. The molecule has 0 radical (unpaired) electrons. The molecule has 0 heterocycles. The van der Waals surface area contributed by atoms with Crippen LogP contribution in [0.25, 0.3) is 0 Å². The summed E-state index contributed by atoms with van der Waals surface area (Å²) in [5.41, 5.74) is 0. The normalized spacial score (nSPS) is 13.4. The summed E-state index contributed by atoms with van der Waals surface area (Å²) in [6.45, 7) is 4.59. The van der Waals surface area contributed by atoms with Gasteiger partial charge in [-0.3, -0.25) is 9.59 Å². The molecule has 0 aromatic carbocycles. The summed E-state index contributed by atoms with van der Waals surface area (Å²) in [4.78, 5) is 37.1. The van der Waals surface area contributed by atoms with E-state index in [0.717, 1.165) is 89.9 Å². The highest BCUT2D eigenvalue weighted by Crippen LogP contribution is 2.14. The lowest BCUT2D eigenvalue weighted by Crippen LogP contribution is -2.44. The van der Waals surface area contributed by atoms with Gasteiger partial charge >= 0.3 is 11.9 Å². The molecule has 0 rings (SSSR count). The Labute approximate surface area is 398 Å². The molecule has 0 saturated heterocycles. The second-order valence-corrected chi connectivity index (χ2v) is 18.4. The fourth-order valence-corrected chi connectivity index (χ4v) is 6.91. The average Bonchev–Trinajstić information content (AvgIpc) is 3.27. The van der Waals surface area contributed by atoms with E-state index in [1.54, 1.807) is 0 Å². The molecule has 374 valence electrons. The SMILES string of the molecule is CC/C=C\C/C=C\C/C=C\CCCCCCCC(=O)OCC(COC(OCC[N+](C)(C)C)C(=O)[O-])OC(=O)CCCCCCCCCCCC/C=C\C/C=C\C/C=C\CCCCCCC. The first-order valence-corrected chi connectivity index (χ1v) is 26.1. The summed E-state index contributed by atoms with van der Waals surface area (Å²) in [5, 5.41) is 11.7. The Morgan fingerprint density at radius 1 is 0.477 bits per heavy atom. The largest absolute Gasteiger partial charge is 0.545 e. The van der Waals surface area contributed by atoms with E-state index in [1.165, 1.54) is 77.0 Å². The standard InChI is InChI=1S/C56H97NO8/c1-6-8-10-12-14-16-18-20-22-23-24-25-26-27-28-29-30-31-33-35-37-39-41-43-45-47-54(59)65-52(51-64-56(55(60)61)62-49-48-57(3,4)5)50-63-53(58)46-44-42-40-38-36-34-32-21-19-17-15-13-11-9-7-2/h9,11,15,17-18,20-21,23-24,26-27,32,52,56H,6-8,10,12-14,16,19,22,25,28-31,33-51H2,1-5H3/b11-9-,17-15-,20-18-,24-23-,27-26-,32-21-. The summed E-state index contributed by atoms with van der Waals surface area (Å²) in [5.74, 6) is -2.32. The minimum atomic E-state index is -1.63. The van der Waals surface area contributed by atoms with Crippen molar-refractivity contribution in [3.05, 3.63) is 72.9 Å². The molecule has 9 nitrogen and oxygen atoms in total. The fourth-order valence-electron chi connectivity index (χ4n) is 6.91. The van der Waals surface area contributed by atoms with E-state index in [9.17, 15) is 19.5 Å². The number of unbranched alkanes of at least 4 members (excludes halogenated alkanes) is 20. The topological polar surface area (TPSA) is 111 Å². The molecule has 2 unspecified atom stereocenters. The van der Waals surface area contributed by atoms with Crippen molar-refractivity contribution in [2.75, 3.05) is 47.5 Å². The van der Waals surface area contributed by atoms with E-state index < -0.39 is 24.3 Å². The number of carboxylic acid groups (broad SMARTS) is 1. The molecule has 65 heavy (non-hydrogen) atoms. The Kier molecular flexibility index (Phi) is 44.9. The third-order valence-electron chi connectivity index (χ3n) is 10.9. The zero-order valence-electron chi connectivity index (χ0n) is 42.3. The first-order valence-electron chi connectivity index (χ1n) is 26.1. The highest BCUT2D eigenvalue weighted by molar-refractivity contribution is 5.70. The molecule has 0 bridgehead atoms. The van der Waals surface area contributed by atoms with Gasteiger partial charge in [0.2, 0.25) is 0 Å². The fraction of sp³-hybridized carbons (Fsp3) is 0.732. The monoisotopic (exact) mass is 912 g/mol. The molecular weight excluding hydrogens is 815 g/mol. The van der Waals surface area contributed by atoms with Crippen LogP contribution in [0, 0.1) is 0 Å². The second kappa shape index (κ2) is 47.2. The summed E-state index contributed by atoms with van der Waals surface area (Å²) >= 11 is 0. The Morgan fingerprint density at radius 3 is 1.31 bits per heavy atom. The van der Waals surface area contributed by atoms with Gasteiger partial charge in [-0.25, -0.2) is 0 Å². The first kappa shape index (κ1) is 61.7. The quantitative estimate of drug-likeness (QED) is 0.0195. The van der Waals surface area contributed by atoms with Gasteiger partial charge in [0.05, 0.1) is 40.3 Å². The zero-order chi connectivity index (χ0) is 47.7. The number of likely N-dealkylation sites (N-methyl/N-ethyl adjacent to an activating group) is 1. The molecular formula is C56H97NO8. The molecule has 0 N–H and O–H groups in total. The maximum absolute atomic E-state index is 12.8. The van der Waals surface area contributed by atoms with Crippen molar-refractivity contribution in [1.82, 2.24) is 0 Å². The molecule has 2 atom stereocenters. The van der Waals surface area contributed by atoms with Crippen LogP contribution < -0.4 is 5.11 Å². The first-order chi connectivity index (χ1) is 31.6. The molecule has 0 aliphatic carbocycles. The van der Waals surface area contributed by atoms with E-state index >= 15 is 0 Å². The molecule has 0 fully saturated rings. The van der Waals surface area contributed by atoms with Gasteiger partial charge in [0.25, 0.3) is 0 Å². The molecule has 0 amide bonds. The smallest absolute Gasteiger partial charge is 0.306 e. The van der Waals surface area contributed by atoms with E-state index in [4.69, 9.17) is 18.9 Å². The average molecular weight is 912 g/mol. The van der Waals surface area contributed by atoms with Crippen molar-refractivity contribution < 1.29 is 42.9 Å². The van der Waals surface area contributed by atoms with Crippen molar-refractivity contribution in [1.29, 1.82) is 0 Å². The number of ether oxygens (including phenoxy) is 4. The molecule has 0 aliphatic rings. The van der Waals surface area contributed by atoms with E-state index in [2.05, 4.69) is 86.8 Å². The summed E-state index contributed by atoms with van der Waals surface area (Å²) in [6.07, 6.45) is 56.5. The van der Waals surface area contributed by atoms with Gasteiger partial charge in [0.1, 0.15) is 13.2 Å². The minimum Gasteiger partial charge on any atom is -0.545 e. The maximum Gasteiger partial charge on any atom is 0.306 e. The van der Waals surface area contributed by atoms with Gasteiger partial charge in [-0.15, -0.1) is 0 Å². The minimum absolute atomic E-state index is 0.141. The molecule has 0 aliphatic heterocycles. The van der Waals surface area contributed by atoms with Gasteiger partial charge in [-0.1, -0.05) is 183 Å². The molecule has 0 aromatic heterocycles. The third kappa shape index (κ3) is 48.5. The van der Waals surface area contributed by atoms with E-state index in [0.29, 0.717) is 23.9 Å². The van der Waals surface area contributed by atoms with Crippen molar-refractivity contribution >= 4 is 17.9 Å². The lowest BCUT2D eigenvalue weighted by atomic mass is 10.0. The third-order valence-corrected chi connectivity index (χ3v) is 10.9. The number of nitrogens with zero attached hydrogens (tertiary/aromatic N) is 1. The Bertz CT molecular complexity index is 1290. The summed E-state index contributed by atoms with van der Waals surface area (Å²) in [6, 6.07) is 0. The lowest BCUT2D eigenvalue weighted by Gasteiger charge is -2.26. The van der Waals surface area contributed by atoms with Gasteiger partial charge in [0, 0.05) is 12.8 Å². The Morgan fingerprint density at radius 2 is 0.877 bits per heavy atom. The Hall–Kier alpha value is -3.27. The van der Waals surface area contributed by atoms with Gasteiger partial charge in [-0.05, 0) is 83.5 Å². The van der Waals surface area contributed by atoms with Crippen molar-refractivity contribution in [2.45, 2.75) is 219 Å². The van der Waals surface area contributed by atoms with Crippen LogP contribution in [-0.2, 0) is 33.3 Å². The van der Waals surface area contributed by atoms with Gasteiger partial charge < -0.3 is 33.3 Å². The highest BCUT2D eigenvalue weighted by atomic mass is 16.7. The molecule has 0 saturated carbocycles. The van der Waals surface area contributed by atoms with Crippen molar-refractivity contribution in [2.24, 2.45) is 0 Å². The van der Waals surface area contributed by atoms with Gasteiger partial charge in [-0.2, -0.15) is 0 Å². The molecule has 0 spiro atoms. The predicted molar refractivity (Wildman–Crippen MR) is 269 cm³/mol. The number of allylic oxidation sites excluding steroid dienone is 12. The predicted octanol–water partition coefficient (Wildman–Crippen LogP) is 13.3. The van der Waals surface area contributed by atoms with Crippen LogP contribution in [0.5, 0.6) is 0 Å². The molecule has 9 heteroatoms. The summed E-state index contributed by atoms with van der Waals surface area (Å²) in [7, 11) is 5.90. The number of carbonyl (C=O) groups is 3. The lowest BCUT2D eigenvalue weighted by molar-refractivity contribution is -0.870. The maximum atomic E-state index is 12.8. The van der Waals surface area contributed by atoms with Crippen LogP contribution in [0.15, 0.2) is 72.9 Å². The van der Waals surface area contributed by atoms with Crippen LogP contribution in [0.1, 0.15) is 206 Å². The molecule has 0 aromatic rings. The van der Waals surface area contributed by atoms with Crippen LogP contribution in [0.2, 0.25) is 0 Å². The number of carboxylic acids is 1. The van der Waals surface area contributed by atoms with Crippen LogP contribution in [0.3, 0.4) is 0 Å². The zero-order valence-corrected chi connectivity index (χ0v) is 42.3. The van der Waals surface area contributed by atoms with Crippen LogP contribution in [0.4, 0.5) is 0 Å². The number of quaternary nitrogens is 1. The van der Waals surface area contributed by atoms with Crippen LogP contribution in [-0.4, -0.2) is 82.3 Å². The number of esters is 2. The number of aliphatic carboxylic acids is 1. The van der Waals surface area contributed by atoms with Crippen LogP contribution >= 0.6 is 0 Å². The van der Waals surface area contributed by atoms with Crippen molar-refractivity contribution in [3.8, 4) is 0 Å². The van der Waals surface area contributed by atoms with E-state index in [-0.39, 0.29) is 38.6 Å². The van der Waals surface area contributed by atoms with Crippen molar-refractivity contribution in [3.63, 3.8) is 0 Å². The number of hydrogen-bond acceptors (Lipinski definition) is 8. The summed E-state index contributed by atoms with van der Waals surface area (Å²) < 4.78 is 22.6. The second-order valence-electron chi connectivity index (χ2n) is 18.4. The number of rotatable bonds is 47. The van der Waals surface area contributed by atoms with E-state index in [1.807, 2.05) is 21.1 Å². The number of hydrogen-bond donors (Lipinski definition) is 0.